The van der Waals surface area contributed by atoms with Gasteiger partial charge < -0.3 is 10.2 Å². The van der Waals surface area contributed by atoms with E-state index in [2.05, 4.69) is 4.99 Å². The minimum atomic E-state index is 0.184. The highest BCUT2D eigenvalue weighted by Crippen LogP contribution is 2.07. The van der Waals surface area contributed by atoms with Crippen LogP contribution in [0.1, 0.15) is 26.5 Å². The first kappa shape index (κ1) is 10.8. The van der Waals surface area contributed by atoms with Crippen molar-refractivity contribution in [2.45, 2.75) is 33.2 Å². The minimum absolute atomic E-state index is 0.184. The third kappa shape index (κ3) is 3.24. The number of rotatable bonds is 4. The van der Waals surface area contributed by atoms with Gasteiger partial charge in [-0.25, -0.2) is 0 Å². The van der Waals surface area contributed by atoms with Crippen molar-refractivity contribution in [2.75, 3.05) is 0 Å². The number of furan rings is 1. The van der Waals surface area contributed by atoms with Crippen molar-refractivity contribution in [2.24, 2.45) is 16.6 Å². The molecule has 1 unspecified atom stereocenters. The summed E-state index contributed by atoms with van der Waals surface area (Å²) in [6.45, 7) is 6.12. The van der Waals surface area contributed by atoms with E-state index in [1.165, 1.54) is 0 Å². The molecule has 78 valence electrons. The van der Waals surface area contributed by atoms with Crippen molar-refractivity contribution in [3.63, 3.8) is 0 Å². The second-order valence-corrected chi connectivity index (χ2v) is 3.84. The first-order valence-electron chi connectivity index (χ1n) is 4.95. The predicted molar refractivity (Wildman–Crippen MR) is 58.3 cm³/mol. The molecule has 0 saturated carbocycles. The average molecular weight is 194 g/mol. The lowest BCUT2D eigenvalue weighted by atomic mass is 10.1. The van der Waals surface area contributed by atoms with Crippen molar-refractivity contribution >= 4 is 5.84 Å². The second-order valence-electron chi connectivity index (χ2n) is 3.84. The molecule has 0 amide bonds. The zero-order valence-electron chi connectivity index (χ0n) is 9.03. The standard InChI is InChI=1S/C11H18N2O/c1-8(2)11(12)13-9(3)7-10-5-4-6-14-10/h4-6,8-9H,7H2,1-3H3,(H2,12,13). The van der Waals surface area contributed by atoms with E-state index in [9.17, 15) is 0 Å². The van der Waals surface area contributed by atoms with Gasteiger partial charge in [0.1, 0.15) is 5.76 Å². The molecule has 0 radical (unpaired) electrons. The minimum Gasteiger partial charge on any atom is -0.469 e. The third-order valence-electron chi connectivity index (χ3n) is 2.04. The topological polar surface area (TPSA) is 51.5 Å². The van der Waals surface area contributed by atoms with Gasteiger partial charge in [0.2, 0.25) is 0 Å². The SMILES string of the molecule is CC(Cc1ccco1)N=C(N)C(C)C. The largest absolute Gasteiger partial charge is 0.469 e. The highest BCUT2D eigenvalue weighted by atomic mass is 16.3. The van der Waals surface area contributed by atoms with Gasteiger partial charge in [-0.2, -0.15) is 0 Å². The van der Waals surface area contributed by atoms with E-state index in [0.717, 1.165) is 12.2 Å². The summed E-state index contributed by atoms with van der Waals surface area (Å²) in [6, 6.07) is 4.03. The van der Waals surface area contributed by atoms with Crippen LogP contribution >= 0.6 is 0 Å². The van der Waals surface area contributed by atoms with Gasteiger partial charge in [0.15, 0.2) is 0 Å². The Morgan fingerprint density at radius 2 is 2.21 bits per heavy atom. The van der Waals surface area contributed by atoms with Crippen LogP contribution in [0.2, 0.25) is 0 Å². The van der Waals surface area contributed by atoms with Crippen molar-refractivity contribution < 1.29 is 4.42 Å². The molecule has 0 aliphatic rings. The van der Waals surface area contributed by atoms with Gasteiger partial charge in [0, 0.05) is 12.3 Å². The maximum Gasteiger partial charge on any atom is 0.105 e. The maximum atomic E-state index is 5.77. The van der Waals surface area contributed by atoms with Gasteiger partial charge >= 0.3 is 0 Å². The summed E-state index contributed by atoms with van der Waals surface area (Å²) < 4.78 is 5.24. The Morgan fingerprint density at radius 3 is 2.71 bits per heavy atom. The molecule has 0 aliphatic heterocycles. The zero-order chi connectivity index (χ0) is 10.6. The Labute approximate surface area is 85.0 Å². The summed E-state index contributed by atoms with van der Waals surface area (Å²) in [7, 11) is 0. The van der Waals surface area contributed by atoms with E-state index in [1.807, 2.05) is 32.9 Å². The normalized spacial score (nSPS) is 14.7. The van der Waals surface area contributed by atoms with Crippen LogP contribution in [0.4, 0.5) is 0 Å². The highest BCUT2D eigenvalue weighted by Gasteiger charge is 2.06. The number of amidine groups is 1. The molecule has 0 bridgehead atoms. The van der Waals surface area contributed by atoms with Gasteiger partial charge in [-0.3, -0.25) is 4.99 Å². The molecule has 2 N–H and O–H groups in total. The van der Waals surface area contributed by atoms with Crippen molar-refractivity contribution in [3.05, 3.63) is 24.2 Å². The molecular formula is C11H18N2O. The molecule has 1 atom stereocenters. The Bertz CT molecular complexity index is 288. The van der Waals surface area contributed by atoms with Crippen LogP contribution in [0.5, 0.6) is 0 Å². The summed E-state index contributed by atoms with van der Waals surface area (Å²) in [5.74, 6) is 1.98. The van der Waals surface area contributed by atoms with Gasteiger partial charge in [0.25, 0.3) is 0 Å². The molecule has 0 spiro atoms. The fraction of sp³-hybridized carbons (Fsp3) is 0.545. The third-order valence-corrected chi connectivity index (χ3v) is 2.04. The van der Waals surface area contributed by atoms with Crippen molar-refractivity contribution in [1.82, 2.24) is 0 Å². The molecule has 0 fully saturated rings. The van der Waals surface area contributed by atoms with Crippen LogP contribution in [-0.2, 0) is 6.42 Å². The molecule has 1 heterocycles. The van der Waals surface area contributed by atoms with Gasteiger partial charge in [0.05, 0.1) is 18.1 Å². The first-order chi connectivity index (χ1) is 6.59. The molecule has 0 aromatic carbocycles. The Morgan fingerprint density at radius 1 is 1.50 bits per heavy atom. The van der Waals surface area contributed by atoms with E-state index in [4.69, 9.17) is 10.2 Å². The average Bonchev–Trinajstić information content (AvgIpc) is 2.56. The number of hydrogen-bond donors (Lipinski definition) is 1. The fourth-order valence-electron chi connectivity index (χ4n) is 1.17. The van der Waals surface area contributed by atoms with Crippen molar-refractivity contribution in [1.29, 1.82) is 0 Å². The van der Waals surface area contributed by atoms with Crippen LogP contribution in [0.15, 0.2) is 27.8 Å². The van der Waals surface area contributed by atoms with Gasteiger partial charge in [-0.05, 0) is 19.1 Å². The smallest absolute Gasteiger partial charge is 0.105 e. The Hall–Kier alpha value is -1.25. The zero-order valence-corrected chi connectivity index (χ0v) is 9.03. The molecule has 14 heavy (non-hydrogen) atoms. The number of nitrogens with zero attached hydrogens (tertiary/aromatic N) is 1. The van der Waals surface area contributed by atoms with E-state index in [0.29, 0.717) is 11.8 Å². The lowest BCUT2D eigenvalue weighted by Crippen LogP contribution is -2.21. The van der Waals surface area contributed by atoms with E-state index in [-0.39, 0.29) is 6.04 Å². The van der Waals surface area contributed by atoms with E-state index >= 15 is 0 Å². The quantitative estimate of drug-likeness (QED) is 0.590. The summed E-state index contributed by atoms with van der Waals surface area (Å²) in [4.78, 5) is 4.39. The fourth-order valence-corrected chi connectivity index (χ4v) is 1.17. The van der Waals surface area contributed by atoms with Crippen LogP contribution in [0, 0.1) is 5.92 Å². The lowest BCUT2D eigenvalue weighted by molar-refractivity contribution is 0.492. The van der Waals surface area contributed by atoms with Gasteiger partial charge in [-0.15, -0.1) is 0 Å². The molecule has 0 saturated heterocycles. The van der Waals surface area contributed by atoms with Crippen molar-refractivity contribution in [3.8, 4) is 0 Å². The number of aliphatic imine (C=N–C) groups is 1. The monoisotopic (exact) mass is 194 g/mol. The molecule has 3 nitrogen and oxygen atoms in total. The van der Waals surface area contributed by atoms with E-state index < -0.39 is 0 Å². The summed E-state index contributed by atoms with van der Waals surface area (Å²) >= 11 is 0. The molecular weight excluding hydrogens is 176 g/mol. The molecule has 1 aromatic heterocycles. The summed E-state index contributed by atoms with van der Waals surface area (Å²) in [5, 5.41) is 0. The second kappa shape index (κ2) is 4.84. The van der Waals surface area contributed by atoms with Crippen LogP contribution in [-0.4, -0.2) is 11.9 Å². The Balaban J connectivity index is 2.51. The lowest BCUT2D eigenvalue weighted by Gasteiger charge is -2.08. The van der Waals surface area contributed by atoms with E-state index in [1.54, 1.807) is 6.26 Å². The number of nitrogens with two attached hydrogens (primary N) is 1. The molecule has 1 aromatic rings. The maximum absolute atomic E-state index is 5.77. The molecule has 1 rings (SSSR count). The van der Waals surface area contributed by atoms with Gasteiger partial charge in [-0.1, -0.05) is 13.8 Å². The molecule has 0 aliphatic carbocycles. The van der Waals surface area contributed by atoms with Crippen LogP contribution < -0.4 is 5.73 Å². The summed E-state index contributed by atoms with van der Waals surface area (Å²) in [5.41, 5.74) is 5.77. The van der Waals surface area contributed by atoms with Crippen LogP contribution in [0.25, 0.3) is 0 Å². The highest BCUT2D eigenvalue weighted by molar-refractivity contribution is 5.82. The molecule has 3 heteroatoms. The summed E-state index contributed by atoms with van der Waals surface area (Å²) in [6.07, 6.45) is 2.48. The Kier molecular flexibility index (Phi) is 3.74. The number of hydrogen-bond acceptors (Lipinski definition) is 2. The van der Waals surface area contributed by atoms with Crippen LogP contribution in [0.3, 0.4) is 0 Å². The first-order valence-corrected chi connectivity index (χ1v) is 4.95. The predicted octanol–water partition coefficient (Wildman–Crippen LogP) is 2.22.